The van der Waals surface area contributed by atoms with Crippen LogP contribution in [-0.2, 0) is 0 Å². The molecule has 19 heavy (non-hydrogen) atoms. The first-order valence-corrected chi connectivity index (χ1v) is 9.08. The Labute approximate surface area is 124 Å². The van der Waals surface area contributed by atoms with Gasteiger partial charge in [0.1, 0.15) is 11.4 Å². The van der Waals surface area contributed by atoms with Crippen LogP contribution in [0.2, 0.25) is 0 Å². The Morgan fingerprint density at radius 1 is 1.32 bits per heavy atom. The summed E-state index contributed by atoms with van der Waals surface area (Å²) in [4.78, 5) is 0. The molecule has 0 saturated carbocycles. The summed E-state index contributed by atoms with van der Waals surface area (Å²) in [6.07, 6.45) is 0. The average molecular weight is 295 g/mol. The van der Waals surface area contributed by atoms with Gasteiger partial charge in [-0.3, -0.25) is 0 Å². The van der Waals surface area contributed by atoms with Gasteiger partial charge in [-0.25, -0.2) is 0 Å². The van der Waals surface area contributed by atoms with Gasteiger partial charge in [-0.15, -0.1) is 0 Å². The molecule has 2 aliphatic heterocycles. The van der Waals surface area contributed by atoms with Crippen molar-refractivity contribution < 1.29 is 4.74 Å². The Morgan fingerprint density at radius 3 is 2.95 bits per heavy atom. The van der Waals surface area contributed by atoms with E-state index in [0.29, 0.717) is 6.04 Å². The Hall–Kier alpha value is -0.320. The molecule has 0 radical (unpaired) electrons. The average Bonchev–Trinajstić information content (AvgIpc) is 2.67. The molecule has 4 heteroatoms. The van der Waals surface area contributed by atoms with Crippen LogP contribution < -0.4 is 10.1 Å². The number of rotatable bonds is 3. The SMILES string of the molecule is CC1(C)Oc2ccccc2C1NCC1CSCCS1. The second-order valence-corrected chi connectivity index (χ2v) is 8.21. The van der Waals surface area contributed by atoms with Gasteiger partial charge in [0.25, 0.3) is 0 Å². The summed E-state index contributed by atoms with van der Waals surface area (Å²) in [6.45, 7) is 5.42. The second kappa shape index (κ2) is 5.58. The molecule has 1 aromatic carbocycles. The maximum atomic E-state index is 6.07. The number of benzene rings is 1. The Morgan fingerprint density at radius 2 is 2.16 bits per heavy atom. The van der Waals surface area contributed by atoms with Crippen molar-refractivity contribution in [3.8, 4) is 5.75 Å². The molecule has 1 saturated heterocycles. The smallest absolute Gasteiger partial charge is 0.125 e. The fourth-order valence-electron chi connectivity index (χ4n) is 2.79. The van der Waals surface area contributed by atoms with Crippen LogP contribution in [0.3, 0.4) is 0 Å². The third kappa shape index (κ3) is 2.91. The molecule has 2 unspecified atom stereocenters. The number of para-hydroxylation sites is 1. The molecule has 2 nitrogen and oxygen atoms in total. The Bertz CT molecular complexity index is 444. The van der Waals surface area contributed by atoms with Crippen LogP contribution in [0.5, 0.6) is 5.75 Å². The summed E-state index contributed by atoms with van der Waals surface area (Å²) < 4.78 is 6.07. The topological polar surface area (TPSA) is 21.3 Å². The molecule has 0 spiro atoms. The Balaban J connectivity index is 1.68. The van der Waals surface area contributed by atoms with E-state index >= 15 is 0 Å². The Kier molecular flexibility index (Phi) is 4.01. The predicted molar refractivity (Wildman–Crippen MR) is 85.5 cm³/mol. The standard InChI is InChI=1S/C15H21NOS2/c1-15(2)14(12-5-3-4-6-13(12)17-15)16-9-11-10-18-7-8-19-11/h3-6,11,14,16H,7-10H2,1-2H3. The summed E-state index contributed by atoms with van der Waals surface area (Å²) in [5.74, 6) is 4.91. The van der Waals surface area contributed by atoms with E-state index in [9.17, 15) is 0 Å². The monoisotopic (exact) mass is 295 g/mol. The van der Waals surface area contributed by atoms with Gasteiger partial charge in [-0.2, -0.15) is 23.5 Å². The molecule has 0 bridgehead atoms. The second-order valence-electron chi connectivity index (χ2n) is 5.65. The van der Waals surface area contributed by atoms with Gasteiger partial charge in [0.05, 0.1) is 6.04 Å². The molecule has 2 heterocycles. The van der Waals surface area contributed by atoms with E-state index in [4.69, 9.17) is 4.74 Å². The molecule has 3 rings (SSSR count). The van der Waals surface area contributed by atoms with Crippen LogP contribution in [0.1, 0.15) is 25.5 Å². The van der Waals surface area contributed by atoms with Crippen LogP contribution >= 0.6 is 23.5 Å². The zero-order valence-corrected chi connectivity index (χ0v) is 13.2. The molecule has 1 N–H and O–H groups in total. The molecular weight excluding hydrogens is 274 g/mol. The number of fused-ring (bicyclic) bond motifs is 1. The quantitative estimate of drug-likeness (QED) is 0.923. The van der Waals surface area contributed by atoms with E-state index in [1.54, 1.807) is 0 Å². The van der Waals surface area contributed by atoms with Crippen molar-refractivity contribution in [2.24, 2.45) is 0 Å². The van der Waals surface area contributed by atoms with E-state index in [0.717, 1.165) is 17.5 Å². The zero-order valence-electron chi connectivity index (χ0n) is 11.5. The normalized spacial score (nSPS) is 28.7. The molecule has 2 atom stereocenters. The summed E-state index contributed by atoms with van der Waals surface area (Å²) >= 11 is 4.18. The van der Waals surface area contributed by atoms with Gasteiger partial charge < -0.3 is 10.1 Å². The number of thioether (sulfide) groups is 2. The highest BCUT2D eigenvalue weighted by molar-refractivity contribution is 8.06. The van der Waals surface area contributed by atoms with Crippen molar-refractivity contribution >= 4 is 23.5 Å². The van der Waals surface area contributed by atoms with E-state index in [-0.39, 0.29) is 5.60 Å². The van der Waals surface area contributed by atoms with Gasteiger partial charge in [-0.05, 0) is 19.9 Å². The first-order chi connectivity index (χ1) is 9.17. The molecule has 1 aromatic rings. The lowest BCUT2D eigenvalue weighted by atomic mass is 9.94. The van der Waals surface area contributed by atoms with Crippen molar-refractivity contribution in [3.63, 3.8) is 0 Å². The lowest BCUT2D eigenvalue weighted by molar-refractivity contribution is 0.0969. The largest absolute Gasteiger partial charge is 0.486 e. The van der Waals surface area contributed by atoms with Crippen LogP contribution in [0, 0.1) is 0 Å². The number of hydrogen-bond acceptors (Lipinski definition) is 4. The van der Waals surface area contributed by atoms with Crippen molar-refractivity contribution in [1.82, 2.24) is 5.32 Å². The molecule has 0 aromatic heterocycles. The maximum Gasteiger partial charge on any atom is 0.125 e. The summed E-state index contributed by atoms with van der Waals surface area (Å²) in [7, 11) is 0. The summed E-state index contributed by atoms with van der Waals surface area (Å²) in [5.41, 5.74) is 1.15. The number of ether oxygens (including phenoxy) is 1. The summed E-state index contributed by atoms with van der Waals surface area (Å²) in [6, 6.07) is 8.71. The minimum absolute atomic E-state index is 0.157. The molecule has 1 fully saturated rings. The minimum atomic E-state index is -0.157. The van der Waals surface area contributed by atoms with E-state index in [1.807, 2.05) is 6.07 Å². The third-order valence-corrected chi connectivity index (χ3v) is 6.58. The lowest BCUT2D eigenvalue weighted by Gasteiger charge is -2.30. The van der Waals surface area contributed by atoms with Gasteiger partial charge in [0.15, 0.2) is 0 Å². The van der Waals surface area contributed by atoms with Crippen molar-refractivity contribution in [2.75, 3.05) is 23.8 Å². The lowest BCUT2D eigenvalue weighted by Crippen LogP contribution is -2.42. The van der Waals surface area contributed by atoms with Crippen LogP contribution in [0.4, 0.5) is 0 Å². The van der Waals surface area contributed by atoms with Gasteiger partial charge >= 0.3 is 0 Å². The predicted octanol–water partition coefficient (Wildman–Crippen LogP) is 3.34. The van der Waals surface area contributed by atoms with E-state index in [2.05, 4.69) is 60.9 Å². The van der Waals surface area contributed by atoms with Crippen LogP contribution in [0.25, 0.3) is 0 Å². The maximum absolute atomic E-state index is 6.07. The number of hydrogen-bond donors (Lipinski definition) is 1. The molecule has 2 aliphatic rings. The zero-order chi connectivity index (χ0) is 13.3. The van der Waals surface area contributed by atoms with E-state index in [1.165, 1.54) is 22.8 Å². The van der Waals surface area contributed by atoms with Crippen molar-refractivity contribution in [1.29, 1.82) is 0 Å². The van der Waals surface area contributed by atoms with Gasteiger partial charge in [-0.1, -0.05) is 18.2 Å². The molecule has 0 aliphatic carbocycles. The fraction of sp³-hybridized carbons (Fsp3) is 0.600. The van der Waals surface area contributed by atoms with Crippen molar-refractivity contribution in [2.45, 2.75) is 30.7 Å². The van der Waals surface area contributed by atoms with Crippen molar-refractivity contribution in [3.05, 3.63) is 29.8 Å². The first kappa shape index (κ1) is 13.7. The highest BCUT2D eigenvalue weighted by atomic mass is 32.2. The fourth-order valence-corrected chi connectivity index (χ4v) is 5.41. The van der Waals surface area contributed by atoms with Crippen LogP contribution in [-0.4, -0.2) is 34.7 Å². The number of nitrogens with one attached hydrogen (secondary N) is 1. The molecule has 0 amide bonds. The molecule has 104 valence electrons. The summed E-state index contributed by atoms with van der Waals surface area (Å²) in [5, 5.41) is 4.48. The van der Waals surface area contributed by atoms with Gasteiger partial charge in [0, 0.05) is 34.6 Å². The first-order valence-electron chi connectivity index (χ1n) is 6.87. The van der Waals surface area contributed by atoms with Crippen LogP contribution in [0.15, 0.2) is 24.3 Å². The van der Waals surface area contributed by atoms with Gasteiger partial charge in [0.2, 0.25) is 0 Å². The third-order valence-electron chi connectivity index (χ3n) is 3.73. The molecular formula is C15H21NOS2. The minimum Gasteiger partial charge on any atom is -0.486 e. The highest BCUT2D eigenvalue weighted by Crippen LogP contribution is 2.42. The van der Waals surface area contributed by atoms with E-state index < -0.39 is 0 Å². The highest BCUT2D eigenvalue weighted by Gasteiger charge is 2.40.